The lowest BCUT2D eigenvalue weighted by molar-refractivity contribution is -0.127. The van der Waals surface area contributed by atoms with Crippen molar-refractivity contribution in [2.75, 3.05) is 0 Å². The van der Waals surface area contributed by atoms with Gasteiger partial charge in [0, 0.05) is 0 Å². The number of rotatable bonds is 5. The number of amides is 1. The number of hydrogen-bond donors (Lipinski definition) is 1. The third-order valence-electron chi connectivity index (χ3n) is 4.29. The van der Waals surface area contributed by atoms with Gasteiger partial charge in [0.15, 0.2) is 6.10 Å². The summed E-state index contributed by atoms with van der Waals surface area (Å²) in [7, 11) is 0. The van der Waals surface area contributed by atoms with Crippen LogP contribution in [0.4, 0.5) is 0 Å². The number of nitriles is 1. The minimum Gasteiger partial charge on any atom is -0.481 e. The Bertz CT molecular complexity index is 970. The van der Waals surface area contributed by atoms with Crippen molar-refractivity contribution in [1.82, 2.24) is 5.32 Å². The topological polar surface area (TPSA) is 62.1 Å². The fourth-order valence-electron chi connectivity index (χ4n) is 2.93. The van der Waals surface area contributed by atoms with Crippen molar-refractivity contribution in [1.29, 1.82) is 5.26 Å². The molecule has 0 aromatic heterocycles. The number of hydrogen-bond acceptors (Lipinski definition) is 3. The van der Waals surface area contributed by atoms with Crippen LogP contribution in [-0.2, 0) is 4.79 Å². The van der Waals surface area contributed by atoms with Crippen molar-refractivity contribution >= 4 is 16.7 Å². The molecule has 130 valence electrons. The van der Waals surface area contributed by atoms with Gasteiger partial charge in [0.1, 0.15) is 5.75 Å². The first kappa shape index (κ1) is 17.5. The zero-order valence-corrected chi connectivity index (χ0v) is 14.8. The van der Waals surface area contributed by atoms with Gasteiger partial charge in [-0.3, -0.25) is 4.79 Å². The lowest BCUT2D eigenvalue weighted by Gasteiger charge is -2.20. The number of fused-ring (bicyclic) bond motifs is 1. The van der Waals surface area contributed by atoms with Gasteiger partial charge in [-0.2, -0.15) is 5.26 Å². The Morgan fingerprint density at radius 2 is 1.77 bits per heavy atom. The van der Waals surface area contributed by atoms with Crippen molar-refractivity contribution in [3.8, 4) is 11.8 Å². The van der Waals surface area contributed by atoms with E-state index in [1.54, 1.807) is 31.2 Å². The van der Waals surface area contributed by atoms with Crippen LogP contribution in [-0.4, -0.2) is 12.0 Å². The van der Waals surface area contributed by atoms with Crippen molar-refractivity contribution in [2.45, 2.75) is 26.0 Å². The van der Waals surface area contributed by atoms with Crippen LogP contribution in [0.3, 0.4) is 0 Å². The third kappa shape index (κ3) is 3.84. The fourth-order valence-corrected chi connectivity index (χ4v) is 2.93. The van der Waals surface area contributed by atoms with E-state index in [4.69, 9.17) is 10.00 Å². The molecule has 0 fully saturated rings. The summed E-state index contributed by atoms with van der Waals surface area (Å²) in [6.45, 7) is 3.66. The molecule has 0 spiro atoms. The maximum Gasteiger partial charge on any atom is 0.261 e. The number of benzene rings is 3. The number of nitrogens with zero attached hydrogens (tertiary/aromatic N) is 1. The van der Waals surface area contributed by atoms with E-state index in [2.05, 4.69) is 29.6 Å². The number of nitrogens with one attached hydrogen (secondary N) is 1. The molecular weight excluding hydrogens is 324 g/mol. The van der Waals surface area contributed by atoms with Crippen LogP contribution in [0.15, 0.2) is 66.7 Å². The van der Waals surface area contributed by atoms with Crippen LogP contribution in [0.25, 0.3) is 10.8 Å². The Hall–Kier alpha value is -3.32. The van der Waals surface area contributed by atoms with E-state index >= 15 is 0 Å². The highest BCUT2D eigenvalue weighted by molar-refractivity contribution is 5.87. The van der Waals surface area contributed by atoms with Crippen LogP contribution < -0.4 is 10.1 Å². The molecule has 1 amide bonds. The highest BCUT2D eigenvalue weighted by Gasteiger charge is 2.19. The molecule has 0 aliphatic heterocycles. The molecule has 4 nitrogen and oxygen atoms in total. The standard InChI is InChI=1S/C22H20N2O2/c1-15(20-12-6-9-18-8-3-4-11-21(18)20)24-22(25)16(2)26-19-10-5-7-17(13-19)14-23/h3-13,15-16H,1-2H3,(H,24,25). The van der Waals surface area contributed by atoms with E-state index < -0.39 is 6.10 Å². The molecule has 2 atom stereocenters. The van der Waals surface area contributed by atoms with E-state index in [0.29, 0.717) is 11.3 Å². The molecule has 0 aliphatic rings. The molecule has 3 aromatic rings. The van der Waals surface area contributed by atoms with E-state index in [-0.39, 0.29) is 11.9 Å². The zero-order valence-electron chi connectivity index (χ0n) is 14.8. The summed E-state index contributed by atoms with van der Waals surface area (Å²) in [6.07, 6.45) is -0.665. The Morgan fingerprint density at radius 3 is 2.58 bits per heavy atom. The maximum atomic E-state index is 12.5. The van der Waals surface area contributed by atoms with E-state index in [1.807, 2.05) is 31.2 Å². The second kappa shape index (κ2) is 7.71. The quantitative estimate of drug-likeness (QED) is 0.748. The molecule has 0 saturated heterocycles. The predicted octanol–water partition coefficient (Wildman–Crippen LogP) is 4.36. The van der Waals surface area contributed by atoms with Crippen LogP contribution in [0, 0.1) is 11.3 Å². The Kier molecular flexibility index (Phi) is 5.19. The largest absolute Gasteiger partial charge is 0.481 e. The molecule has 3 aromatic carbocycles. The second-order valence-electron chi connectivity index (χ2n) is 6.20. The molecule has 3 rings (SSSR count). The third-order valence-corrected chi connectivity index (χ3v) is 4.29. The molecular formula is C22H20N2O2. The van der Waals surface area contributed by atoms with Gasteiger partial charge in [-0.15, -0.1) is 0 Å². The molecule has 0 saturated carbocycles. The molecule has 0 aliphatic carbocycles. The molecule has 0 bridgehead atoms. The molecule has 26 heavy (non-hydrogen) atoms. The smallest absolute Gasteiger partial charge is 0.261 e. The van der Waals surface area contributed by atoms with Gasteiger partial charge in [-0.05, 0) is 48.4 Å². The lowest BCUT2D eigenvalue weighted by atomic mass is 9.99. The monoisotopic (exact) mass is 344 g/mol. The summed E-state index contributed by atoms with van der Waals surface area (Å²) in [4.78, 5) is 12.5. The van der Waals surface area contributed by atoms with Crippen molar-refractivity contribution in [2.24, 2.45) is 0 Å². The zero-order chi connectivity index (χ0) is 18.5. The van der Waals surface area contributed by atoms with Gasteiger partial charge >= 0.3 is 0 Å². The minimum atomic E-state index is -0.665. The summed E-state index contributed by atoms with van der Waals surface area (Å²) in [5, 5.41) is 14.2. The van der Waals surface area contributed by atoms with Crippen LogP contribution in [0.2, 0.25) is 0 Å². The maximum absolute atomic E-state index is 12.5. The molecule has 0 heterocycles. The van der Waals surface area contributed by atoms with Crippen molar-refractivity contribution < 1.29 is 9.53 Å². The van der Waals surface area contributed by atoms with Crippen molar-refractivity contribution in [3.63, 3.8) is 0 Å². The molecule has 4 heteroatoms. The molecule has 0 radical (unpaired) electrons. The molecule has 2 unspecified atom stereocenters. The van der Waals surface area contributed by atoms with Gasteiger partial charge in [0.2, 0.25) is 0 Å². The van der Waals surface area contributed by atoms with Gasteiger partial charge < -0.3 is 10.1 Å². The fraction of sp³-hybridized carbons (Fsp3) is 0.182. The summed E-state index contributed by atoms with van der Waals surface area (Å²) in [6, 6.07) is 22.9. The van der Waals surface area contributed by atoms with Gasteiger partial charge in [0.25, 0.3) is 5.91 Å². The number of ether oxygens (including phenoxy) is 1. The van der Waals surface area contributed by atoms with E-state index in [0.717, 1.165) is 16.3 Å². The summed E-state index contributed by atoms with van der Waals surface area (Å²) in [5.74, 6) is 0.303. The van der Waals surface area contributed by atoms with Gasteiger partial charge in [-0.25, -0.2) is 0 Å². The van der Waals surface area contributed by atoms with Crippen LogP contribution in [0.1, 0.15) is 31.0 Å². The first-order valence-electron chi connectivity index (χ1n) is 8.53. The Labute approximate surface area is 153 Å². The summed E-state index contributed by atoms with van der Waals surface area (Å²) in [5.41, 5.74) is 1.56. The minimum absolute atomic E-state index is 0.148. The van der Waals surface area contributed by atoms with Gasteiger partial charge in [0.05, 0.1) is 17.7 Å². The highest BCUT2D eigenvalue weighted by Crippen LogP contribution is 2.24. The number of carbonyl (C=O) groups is 1. The normalized spacial score (nSPS) is 12.8. The van der Waals surface area contributed by atoms with Gasteiger partial charge in [-0.1, -0.05) is 48.5 Å². The average molecular weight is 344 g/mol. The average Bonchev–Trinajstić information content (AvgIpc) is 2.67. The predicted molar refractivity (Wildman–Crippen MR) is 102 cm³/mol. The summed E-state index contributed by atoms with van der Waals surface area (Å²) >= 11 is 0. The Morgan fingerprint density at radius 1 is 1.04 bits per heavy atom. The first-order valence-corrected chi connectivity index (χ1v) is 8.53. The SMILES string of the molecule is CC(Oc1cccc(C#N)c1)C(=O)NC(C)c1cccc2ccccc12. The van der Waals surface area contributed by atoms with E-state index in [1.165, 1.54) is 0 Å². The van der Waals surface area contributed by atoms with Crippen molar-refractivity contribution in [3.05, 3.63) is 77.9 Å². The molecule has 1 N–H and O–H groups in total. The second-order valence-corrected chi connectivity index (χ2v) is 6.20. The summed E-state index contributed by atoms with van der Waals surface area (Å²) < 4.78 is 5.68. The van der Waals surface area contributed by atoms with Crippen LogP contribution in [0.5, 0.6) is 5.75 Å². The Balaban J connectivity index is 1.71. The first-order chi connectivity index (χ1) is 12.6. The van der Waals surface area contributed by atoms with Crippen LogP contribution >= 0.6 is 0 Å². The number of carbonyl (C=O) groups excluding carboxylic acids is 1. The highest BCUT2D eigenvalue weighted by atomic mass is 16.5. The van der Waals surface area contributed by atoms with E-state index in [9.17, 15) is 4.79 Å². The lowest BCUT2D eigenvalue weighted by Crippen LogP contribution is -2.37.